The van der Waals surface area contributed by atoms with Crippen molar-refractivity contribution < 1.29 is 9.53 Å². The van der Waals surface area contributed by atoms with Gasteiger partial charge in [-0.05, 0) is 32.1 Å². The van der Waals surface area contributed by atoms with Crippen molar-refractivity contribution in [3.05, 3.63) is 0 Å². The van der Waals surface area contributed by atoms with Gasteiger partial charge in [-0.3, -0.25) is 4.79 Å². The molecule has 2 nitrogen and oxygen atoms in total. The zero-order valence-electron chi connectivity index (χ0n) is 10.1. The molecule has 0 aliphatic carbocycles. The fourth-order valence-electron chi connectivity index (χ4n) is 2.17. The summed E-state index contributed by atoms with van der Waals surface area (Å²) in [5, 5.41) is 0. The monoisotopic (exact) mass is 212 g/mol. The Hall–Kier alpha value is -0.530. The average Bonchev–Trinajstić information content (AvgIpc) is 2.18. The van der Waals surface area contributed by atoms with Crippen molar-refractivity contribution in [2.45, 2.75) is 71.3 Å². The van der Waals surface area contributed by atoms with Crippen molar-refractivity contribution >= 4 is 5.97 Å². The molecule has 1 aliphatic heterocycles. The highest BCUT2D eigenvalue weighted by Crippen LogP contribution is 2.19. The maximum absolute atomic E-state index is 11.4. The van der Waals surface area contributed by atoms with Gasteiger partial charge >= 0.3 is 5.97 Å². The summed E-state index contributed by atoms with van der Waals surface area (Å²) in [6, 6.07) is 0. The number of hydrogen-bond acceptors (Lipinski definition) is 2. The van der Waals surface area contributed by atoms with E-state index in [0.29, 0.717) is 6.42 Å². The molecular weight excluding hydrogens is 188 g/mol. The van der Waals surface area contributed by atoms with E-state index in [1.807, 2.05) is 6.92 Å². The summed E-state index contributed by atoms with van der Waals surface area (Å²) in [4.78, 5) is 11.4. The second-order valence-corrected chi connectivity index (χ2v) is 4.94. The number of carbonyl (C=O) groups is 1. The van der Waals surface area contributed by atoms with Gasteiger partial charge < -0.3 is 4.74 Å². The van der Waals surface area contributed by atoms with Crippen molar-refractivity contribution in [1.82, 2.24) is 0 Å². The van der Waals surface area contributed by atoms with Crippen molar-refractivity contribution in [2.75, 3.05) is 0 Å². The van der Waals surface area contributed by atoms with Crippen LogP contribution in [0.4, 0.5) is 0 Å². The van der Waals surface area contributed by atoms with Gasteiger partial charge in [0.15, 0.2) is 0 Å². The summed E-state index contributed by atoms with van der Waals surface area (Å²) >= 11 is 0. The minimum Gasteiger partial charge on any atom is -0.463 e. The highest BCUT2D eigenvalue weighted by atomic mass is 16.5. The maximum Gasteiger partial charge on any atom is 0.306 e. The van der Waals surface area contributed by atoms with E-state index in [-0.39, 0.29) is 12.1 Å². The topological polar surface area (TPSA) is 26.3 Å². The number of carbonyl (C=O) groups excluding carboxylic acids is 1. The van der Waals surface area contributed by atoms with Gasteiger partial charge in [0, 0.05) is 6.42 Å². The summed E-state index contributed by atoms with van der Waals surface area (Å²) in [6.45, 7) is 4.33. The summed E-state index contributed by atoms with van der Waals surface area (Å²) in [5.74, 6) is 0.825. The molecule has 1 fully saturated rings. The van der Waals surface area contributed by atoms with Crippen LogP contribution >= 0.6 is 0 Å². The molecule has 0 aromatic carbocycles. The van der Waals surface area contributed by atoms with Gasteiger partial charge in [-0.1, -0.05) is 32.6 Å². The minimum atomic E-state index is -0.00396. The molecule has 0 spiro atoms. The maximum atomic E-state index is 11.4. The van der Waals surface area contributed by atoms with E-state index in [4.69, 9.17) is 4.74 Å². The van der Waals surface area contributed by atoms with Crippen molar-refractivity contribution in [3.8, 4) is 0 Å². The van der Waals surface area contributed by atoms with Gasteiger partial charge in [0.25, 0.3) is 0 Å². The second-order valence-electron chi connectivity index (χ2n) is 4.94. The molecule has 0 radical (unpaired) electrons. The van der Waals surface area contributed by atoms with Gasteiger partial charge in [0.2, 0.25) is 0 Å². The largest absolute Gasteiger partial charge is 0.463 e. The molecule has 2 atom stereocenters. The van der Waals surface area contributed by atoms with Crippen LogP contribution in [0.1, 0.15) is 65.2 Å². The zero-order chi connectivity index (χ0) is 11.1. The molecule has 2 heteroatoms. The summed E-state index contributed by atoms with van der Waals surface area (Å²) in [6.07, 6.45) is 8.99. The van der Waals surface area contributed by atoms with E-state index >= 15 is 0 Å². The molecule has 88 valence electrons. The molecule has 0 saturated carbocycles. The van der Waals surface area contributed by atoms with Crippen LogP contribution in [0.2, 0.25) is 0 Å². The van der Waals surface area contributed by atoms with E-state index in [9.17, 15) is 4.79 Å². The summed E-state index contributed by atoms with van der Waals surface area (Å²) < 4.78 is 5.31. The Labute approximate surface area is 93.4 Å². The van der Waals surface area contributed by atoms with Crippen LogP contribution in [0.15, 0.2) is 0 Å². The fraction of sp³-hybridized carbons (Fsp3) is 0.923. The molecule has 0 bridgehead atoms. The number of ether oxygens (including phenoxy) is 1. The lowest BCUT2D eigenvalue weighted by Crippen LogP contribution is -2.15. The molecule has 1 rings (SSSR count). The Morgan fingerprint density at radius 2 is 1.60 bits per heavy atom. The normalized spacial score (nSPS) is 31.2. The highest BCUT2D eigenvalue weighted by Gasteiger charge is 2.11. The van der Waals surface area contributed by atoms with Crippen LogP contribution in [0.3, 0.4) is 0 Å². The van der Waals surface area contributed by atoms with Crippen LogP contribution in [-0.2, 0) is 9.53 Å². The predicted molar refractivity (Wildman–Crippen MR) is 61.7 cm³/mol. The molecule has 1 heterocycles. The fourth-order valence-corrected chi connectivity index (χ4v) is 2.17. The third-order valence-electron chi connectivity index (χ3n) is 3.22. The van der Waals surface area contributed by atoms with E-state index in [1.165, 1.54) is 32.1 Å². The first kappa shape index (κ1) is 12.5. The third-order valence-corrected chi connectivity index (χ3v) is 3.22. The van der Waals surface area contributed by atoms with Crippen molar-refractivity contribution in [3.63, 3.8) is 0 Å². The molecule has 0 amide bonds. The molecule has 1 aliphatic rings. The minimum absolute atomic E-state index is 0.00396. The standard InChI is InChI=1S/C13H24O2/c1-11-7-3-5-9-12(2)15-13(14)10-6-4-8-11/h11-12H,3-10H2,1-2H3. The quantitative estimate of drug-likeness (QED) is 0.572. The molecule has 1 saturated heterocycles. The van der Waals surface area contributed by atoms with Crippen molar-refractivity contribution in [2.24, 2.45) is 5.92 Å². The lowest BCUT2D eigenvalue weighted by Gasteiger charge is -2.16. The Morgan fingerprint density at radius 1 is 1.00 bits per heavy atom. The third kappa shape index (κ3) is 5.81. The van der Waals surface area contributed by atoms with E-state index in [1.54, 1.807) is 0 Å². The van der Waals surface area contributed by atoms with Gasteiger partial charge in [0.05, 0.1) is 6.10 Å². The van der Waals surface area contributed by atoms with Crippen molar-refractivity contribution in [1.29, 1.82) is 0 Å². The van der Waals surface area contributed by atoms with E-state index < -0.39 is 0 Å². The lowest BCUT2D eigenvalue weighted by atomic mass is 9.96. The van der Waals surface area contributed by atoms with Crippen LogP contribution < -0.4 is 0 Å². The van der Waals surface area contributed by atoms with Gasteiger partial charge in [-0.15, -0.1) is 0 Å². The summed E-state index contributed by atoms with van der Waals surface area (Å²) in [5.41, 5.74) is 0. The first-order valence-corrected chi connectivity index (χ1v) is 6.38. The highest BCUT2D eigenvalue weighted by molar-refractivity contribution is 5.69. The number of esters is 1. The predicted octanol–water partition coefficient (Wildman–Crippen LogP) is 3.69. The SMILES string of the molecule is CC1CCCCC(=O)OC(C)CCCC1. The van der Waals surface area contributed by atoms with E-state index in [0.717, 1.165) is 18.8 Å². The number of hydrogen-bond donors (Lipinski definition) is 0. The lowest BCUT2D eigenvalue weighted by molar-refractivity contribution is -0.148. The second kappa shape index (κ2) is 6.86. The number of cyclic esters (lactones) is 1. The average molecular weight is 212 g/mol. The molecule has 0 aromatic heterocycles. The Balaban J connectivity index is 2.33. The summed E-state index contributed by atoms with van der Waals surface area (Å²) in [7, 11) is 0. The Bertz CT molecular complexity index is 189. The first-order valence-electron chi connectivity index (χ1n) is 6.38. The molecule has 0 aromatic rings. The Kier molecular flexibility index (Phi) is 5.74. The van der Waals surface area contributed by atoms with Crippen LogP contribution in [-0.4, -0.2) is 12.1 Å². The van der Waals surface area contributed by atoms with Crippen LogP contribution in [0.25, 0.3) is 0 Å². The van der Waals surface area contributed by atoms with Gasteiger partial charge in [-0.2, -0.15) is 0 Å². The van der Waals surface area contributed by atoms with Gasteiger partial charge in [-0.25, -0.2) is 0 Å². The molecule has 15 heavy (non-hydrogen) atoms. The van der Waals surface area contributed by atoms with Crippen LogP contribution in [0.5, 0.6) is 0 Å². The smallest absolute Gasteiger partial charge is 0.306 e. The number of rotatable bonds is 0. The van der Waals surface area contributed by atoms with Gasteiger partial charge in [0.1, 0.15) is 0 Å². The van der Waals surface area contributed by atoms with Crippen LogP contribution in [0, 0.1) is 5.92 Å². The zero-order valence-corrected chi connectivity index (χ0v) is 10.1. The molecule has 2 unspecified atom stereocenters. The molecular formula is C13H24O2. The first-order chi connectivity index (χ1) is 7.18. The molecule has 0 N–H and O–H groups in total. The van der Waals surface area contributed by atoms with E-state index in [2.05, 4.69) is 6.92 Å². The Morgan fingerprint density at radius 3 is 2.33 bits per heavy atom.